The number of hydrogen-bond donors (Lipinski definition) is 1. The summed E-state index contributed by atoms with van der Waals surface area (Å²) in [7, 11) is 0. The summed E-state index contributed by atoms with van der Waals surface area (Å²) in [6, 6.07) is 11.8. The number of thioether (sulfide) groups is 1. The molecule has 0 spiro atoms. The molecule has 0 fully saturated rings. The highest BCUT2D eigenvalue weighted by atomic mass is 35.5. The fourth-order valence-corrected chi connectivity index (χ4v) is 4.43. The van der Waals surface area contributed by atoms with Gasteiger partial charge in [-0.05, 0) is 43.5 Å². The topological polar surface area (TPSA) is 49.4 Å². The zero-order chi connectivity index (χ0) is 22.1. The first-order valence-electron chi connectivity index (χ1n) is 10.0. The molecular formula is C23H28ClFN2O2S. The number of benzene rings is 2. The van der Waals surface area contributed by atoms with Crippen molar-refractivity contribution in [3.63, 3.8) is 0 Å². The van der Waals surface area contributed by atoms with Crippen LogP contribution in [0, 0.1) is 12.7 Å². The summed E-state index contributed by atoms with van der Waals surface area (Å²) in [5.74, 6) is -0.286. The third-order valence-electron chi connectivity index (χ3n) is 4.87. The Balaban J connectivity index is 2.16. The lowest BCUT2D eigenvalue weighted by atomic mass is 10.1. The van der Waals surface area contributed by atoms with E-state index < -0.39 is 6.04 Å². The predicted molar refractivity (Wildman–Crippen MR) is 122 cm³/mol. The second kappa shape index (κ2) is 12.0. The molecule has 2 aromatic rings. The van der Waals surface area contributed by atoms with Crippen LogP contribution in [0.25, 0.3) is 0 Å². The van der Waals surface area contributed by atoms with Crippen molar-refractivity contribution in [1.29, 1.82) is 0 Å². The summed E-state index contributed by atoms with van der Waals surface area (Å²) in [4.78, 5) is 27.4. The van der Waals surface area contributed by atoms with Gasteiger partial charge in [0.15, 0.2) is 0 Å². The Morgan fingerprint density at radius 3 is 2.53 bits per heavy atom. The summed E-state index contributed by atoms with van der Waals surface area (Å²) in [5, 5.41) is 3.17. The fraction of sp³-hybridized carbons (Fsp3) is 0.391. The zero-order valence-corrected chi connectivity index (χ0v) is 19.2. The Hall–Kier alpha value is -2.05. The molecule has 0 saturated carbocycles. The van der Waals surface area contributed by atoms with Crippen molar-refractivity contribution in [3.8, 4) is 0 Å². The predicted octanol–water partition coefficient (Wildman–Crippen LogP) is 4.96. The second-order valence-electron chi connectivity index (χ2n) is 6.96. The maximum absolute atomic E-state index is 14.0. The number of halogens is 2. The Morgan fingerprint density at radius 2 is 1.90 bits per heavy atom. The molecule has 0 unspecified atom stereocenters. The van der Waals surface area contributed by atoms with E-state index in [-0.39, 0.29) is 29.1 Å². The van der Waals surface area contributed by atoms with Gasteiger partial charge in [-0.3, -0.25) is 9.59 Å². The molecule has 2 rings (SSSR count). The number of nitrogens with zero attached hydrogens (tertiary/aromatic N) is 1. The van der Waals surface area contributed by atoms with Crippen LogP contribution in [0.1, 0.15) is 37.0 Å². The van der Waals surface area contributed by atoms with Crippen LogP contribution in [0.3, 0.4) is 0 Å². The van der Waals surface area contributed by atoms with Crippen molar-refractivity contribution in [2.24, 2.45) is 0 Å². The maximum Gasteiger partial charge on any atom is 0.242 e. The van der Waals surface area contributed by atoms with Crippen LogP contribution in [0.4, 0.5) is 4.39 Å². The van der Waals surface area contributed by atoms with Gasteiger partial charge in [-0.25, -0.2) is 4.39 Å². The third kappa shape index (κ3) is 6.47. The Labute approximate surface area is 187 Å². The van der Waals surface area contributed by atoms with Gasteiger partial charge in [-0.15, -0.1) is 11.8 Å². The van der Waals surface area contributed by atoms with Gasteiger partial charge in [-0.2, -0.15) is 0 Å². The van der Waals surface area contributed by atoms with Crippen molar-refractivity contribution >= 4 is 35.2 Å². The monoisotopic (exact) mass is 450 g/mol. The second-order valence-corrected chi connectivity index (χ2v) is 8.35. The summed E-state index contributed by atoms with van der Waals surface area (Å²) in [6.07, 6.45) is 0.507. The zero-order valence-electron chi connectivity index (χ0n) is 17.6. The van der Waals surface area contributed by atoms with Crippen molar-refractivity contribution in [2.45, 2.75) is 45.5 Å². The largest absolute Gasteiger partial charge is 0.355 e. The summed E-state index contributed by atoms with van der Waals surface area (Å²) in [5.41, 5.74) is 2.45. The minimum Gasteiger partial charge on any atom is -0.355 e. The van der Waals surface area contributed by atoms with E-state index >= 15 is 0 Å². The minimum absolute atomic E-state index is 0.131. The van der Waals surface area contributed by atoms with E-state index in [1.54, 1.807) is 17.0 Å². The molecule has 2 aromatic carbocycles. The molecule has 0 radical (unpaired) electrons. The van der Waals surface area contributed by atoms with E-state index in [2.05, 4.69) is 5.32 Å². The molecule has 4 nitrogen and oxygen atoms in total. The summed E-state index contributed by atoms with van der Waals surface area (Å²) >= 11 is 7.37. The normalized spacial score (nSPS) is 11.8. The number of likely N-dealkylation sites (N-methyl/N-ethyl adjacent to an activating group) is 1. The minimum atomic E-state index is -0.560. The van der Waals surface area contributed by atoms with E-state index in [1.165, 1.54) is 17.8 Å². The van der Waals surface area contributed by atoms with E-state index in [0.717, 1.165) is 11.1 Å². The highest BCUT2D eigenvalue weighted by Gasteiger charge is 2.28. The number of nitrogens with one attached hydrogen (secondary N) is 1. The van der Waals surface area contributed by atoms with Gasteiger partial charge in [-0.1, -0.05) is 48.9 Å². The highest BCUT2D eigenvalue weighted by molar-refractivity contribution is 7.99. The van der Waals surface area contributed by atoms with Gasteiger partial charge in [0.05, 0.1) is 5.75 Å². The Morgan fingerprint density at radius 1 is 1.17 bits per heavy atom. The van der Waals surface area contributed by atoms with Crippen LogP contribution in [0.2, 0.25) is 5.02 Å². The first-order valence-corrected chi connectivity index (χ1v) is 11.5. The average molecular weight is 451 g/mol. The first kappa shape index (κ1) is 24.2. The van der Waals surface area contributed by atoms with Crippen LogP contribution in [-0.2, 0) is 21.9 Å². The molecule has 0 aromatic heterocycles. The van der Waals surface area contributed by atoms with Crippen molar-refractivity contribution in [3.05, 3.63) is 70.0 Å². The van der Waals surface area contributed by atoms with Gasteiger partial charge >= 0.3 is 0 Å². The molecule has 7 heteroatoms. The first-order chi connectivity index (χ1) is 14.4. The Kier molecular flexibility index (Phi) is 9.66. The Bertz CT molecular complexity index is 858. The maximum atomic E-state index is 14.0. The lowest BCUT2D eigenvalue weighted by Crippen LogP contribution is -2.49. The SMILES string of the molecule is CCNC(=O)[C@@H](CC)N(Cc1ccccc1C)C(=O)CSCc1c(F)cccc1Cl. The van der Waals surface area contributed by atoms with E-state index in [9.17, 15) is 14.0 Å². The van der Waals surface area contributed by atoms with Crippen LogP contribution in [-0.4, -0.2) is 35.1 Å². The molecule has 30 heavy (non-hydrogen) atoms. The van der Waals surface area contributed by atoms with Crippen molar-refractivity contribution < 1.29 is 14.0 Å². The van der Waals surface area contributed by atoms with Crippen LogP contribution in [0.15, 0.2) is 42.5 Å². The number of hydrogen-bond acceptors (Lipinski definition) is 3. The van der Waals surface area contributed by atoms with Gasteiger partial charge in [0.2, 0.25) is 11.8 Å². The van der Waals surface area contributed by atoms with Crippen LogP contribution in [0.5, 0.6) is 0 Å². The number of rotatable bonds is 10. The number of carbonyl (C=O) groups is 2. The molecule has 0 bridgehead atoms. The van der Waals surface area contributed by atoms with E-state index in [4.69, 9.17) is 11.6 Å². The number of amides is 2. The summed E-state index contributed by atoms with van der Waals surface area (Å²) in [6.45, 7) is 6.58. The van der Waals surface area contributed by atoms with Gasteiger partial charge in [0.25, 0.3) is 0 Å². The van der Waals surface area contributed by atoms with E-state index in [0.29, 0.717) is 30.1 Å². The smallest absolute Gasteiger partial charge is 0.242 e. The van der Waals surface area contributed by atoms with Gasteiger partial charge in [0.1, 0.15) is 11.9 Å². The number of aryl methyl sites for hydroxylation is 1. The highest BCUT2D eigenvalue weighted by Crippen LogP contribution is 2.25. The van der Waals surface area contributed by atoms with Crippen LogP contribution >= 0.6 is 23.4 Å². The third-order valence-corrected chi connectivity index (χ3v) is 6.17. The van der Waals surface area contributed by atoms with Crippen LogP contribution < -0.4 is 5.32 Å². The molecule has 0 heterocycles. The van der Waals surface area contributed by atoms with Gasteiger partial charge in [0, 0.05) is 29.4 Å². The van der Waals surface area contributed by atoms with Crippen molar-refractivity contribution in [1.82, 2.24) is 10.2 Å². The molecular weight excluding hydrogens is 423 g/mol. The van der Waals surface area contributed by atoms with E-state index in [1.807, 2.05) is 45.0 Å². The molecule has 0 aliphatic carbocycles. The van der Waals surface area contributed by atoms with Gasteiger partial charge < -0.3 is 10.2 Å². The quantitative estimate of drug-likeness (QED) is 0.556. The fourth-order valence-electron chi connectivity index (χ4n) is 3.18. The molecule has 0 aliphatic heterocycles. The summed E-state index contributed by atoms with van der Waals surface area (Å²) < 4.78 is 14.0. The van der Waals surface area contributed by atoms with Crippen molar-refractivity contribution in [2.75, 3.05) is 12.3 Å². The standard InChI is InChI=1S/C23H28ClFN2O2S/c1-4-21(23(29)26-5-2)27(13-17-10-7-6-9-16(17)3)22(28)15-30-14-18-19(24)11-8-12-20(18)25/h6-12,21H,4-5,13-15H2,1-3H3,(H,26,29)/t21-/m1/s1. The lowest BCUT2D eigenvalue weighted by Gasteiger charge is -2.31. The molecule has 2 amide bonds. The molecule has 1 atom stereocenters. The number of carbonyl (C=O) groups excluding carboxylic acids is 2. The average Bonchev–Trinajstić information content (AvgIpc) is 2.71. The molecule has 162 valence electrons. The molecule has 1 N–H and O–H groups in total. The molecule has 0 aliphatic rings. The lowest BCUT2D eigenvalue weighted by molar-refractivity contribution is -0.139. The molecule has 0 saturated heterocycles.